The van der Waals surface area contributed by atoms with E-state index in [1.165, 1.54) is 12.1 Å². The fourth-order valence-electron chi connectivity index (χ4n) is 4.62. The summed E-state index contributed by atoms with van der Waals surface area (Å²) in [6.07, 6.45) is 1.36. The number of carbonyl (C=O) groups is 1. The minimum Gasteiger partial charge on any atom is -0.494 e. The van der Waals surface area contributed by atoms with Crippen molar-refractivity contribution in [2.75, 3.05) is 6.61 Å². The van der Waals surface area contributed by atoms with Crippen LogP contribution in [0.15, 0.2) is 97.2 Å². The normalized spacial score (nSPS) is 11.6. The van der Waals surface area contributed by atoms with Crippen molar-refractivity contribution < 1.29 is 32.5 Å². The second kappa shape index (κ2) is 14.6. The molecule has 0 aliphatic rings. The number of aromatic nitrogens is 2. The molecular formula is C35H27Cl2F3N2O4. The number of rotatable bonds is 12. The molecule has 0 unspecified atom stereocenters. The SMILES string of the molecule is O=C(O)CCCOc1ccc(-c2ccc(C=Cc3nc(-c4ccc(Cl)cc4Cl)cn3Cc3ccc(OC(F)(F)F)cc3)cc2)cc1. The van der Waals surface area contributed by atoms with Gasteiger partial charge in [0.2, 0.25) is 0 Å². The summed E-state index contributed by atoms with van der Waals surface area (Å²) < 4.78 is 49.3. The molecule has 0 aliphatic heterocycles. The Bertz CT molecular complexity index is 1820. The maximum Gasteiger partial charge on any atom is 0.573 e. The summed E-state index contributed by atoms with van der Waals surface area (Å²) in [4.78, 5) is 15.4. The van der Waals surface area contributed by atoms with E-state index in [4.69, 9.17) is 38.0 Å². The molecular weight excluding hydrogens is 640 g/mol. The van der Waals surface area contributed by atoms with Crippen molar-refractivity contribution in [3.63, 3.8) is 0 Å². The molecule has 236 valence electrons. The molecule has 0 spiro atoms. The van der Waals surface area contributed by atoms with Crippen LogP contribution in [-0.2, 0) is 11.3 Å². The minimum absolute atomic E-state index is 0.0661. The van der Waals surface area contributed by atoms with Crippen LogP contribution < -0.4 is 9.47 Å². The predicted octanol–water partition coefficient (Wildman–Crippen LogP) is 9.88. The molecule has 1 aromatic heterocycles. The molecule has 4 aromatic carbocycles. The Balaban J connectivity index is 1.33. The highest BCUT2D eigenvalue weighted by atomic mass is 35.5. The fraction of sp³-hybridized carbons (Fsp3) is 0.143. The second-order valence-corrected chi connectivity index (χ2v) is 11.1. The molecule has 0 saturated heterocycles. The maximum absolute atomic E-state index is 12.6. The molecule has 1 heterocycles. The summed E-state index contributed by atoms with van der Waals surface area (Å²) in [5.41, 5.74) is 4.99. The molecule has 5 rings (SSSR count). The Kier molecular flexibility index (Phi) is 10.3. The van der Waals surface area contributed by atoms with Gasteiger partial charge in [-0.2, -0.15) is 0 Å². The van der Waals surface area contributed by atoms with Crippen LogP contribution >= 0.6 is 23.2 Å². The zero-order chi connectivity index (χ0) is 32.7. The summed E-state index contributed by atoms with van der Waals surface area (Å²) in [5.74, 6) is 0.146. The highest BCUT2D eigenvalue weighted by molar-refractivity contribution is 6.36. The van der Waals surface area contributed by atoms with Gasteiger partial charge in [0.25, 0.3) is 0 Å². The number of halogens is 5. The standard InChI is InChI=1S/C35H27Cl2F3N2O4/c36-27-12-17-30(31(37)20-27)32-22-42(21-24-5-13-29(14-6-24)46-35(38,39)40)33(41-32)18-7-23-3-8-25(9-4-23)26-10-15-28(16-11-26)45-19-1-2-34(43)44/h3-18,20,22H,1-2,19,21H2,(H,43,44). The third-order valence-corrected chi connectivity index (χ3v) is 7.40. The van der Waals surface area contributed by atoms with Crippen LogP contribution in [0.5, 0.6) is 11.5 Å². The zero-order valence-corrected chi connectivity index (χ0v) is 25.7. The average molecular weight is 668 g/mol. The van der Waals surface area contributed by atoms with Crippen LogP contribution in [-0.4, -0.2) is 33.6 Å². The van der Waals surface area contributed by atoms with Crippen LogP contribution in [0, 0.1) is 0 Å². The first-order valence-corrected chi connectivity index (χ1v) is 14.9. The van der Waals surface area contributed by atoms with Gasteiger partial charge in [-0.25, -0.2) is 4.98 Å². The molecule has 0 radical (unpaired) electrons. The summed E-state index contributed by atoms with van der Waals surface area (Å²) in [6.45, 7) is 0.671. The van der Waals surface area contributed by atoms with Crippen LogP contribution in [0.4, 0.5) is 13.2 Å². The average Bonchev–Trinajstić information content (AvgIpc) is 3.41. The van der Waals surface area contributed by atoms with Crippen LogP contribution in [0.2, 0.25) is 10.0 Å². The lowest BCUT2D eigenvalue weighted by Crippen LogP contribution is -2.17. The number of benzene rings is 4. The van der Waals surface area contributed by atoms with Gasteiger partial charge in [-0.15, -0.1) is 13.2 Å². The number of imidazole rings is 1. The molecule has 0 saturated carbocycles. The van der Waals surface area contributed by atoms with E-state index in [1.807, 2.05) is 71.4 Å². The minimum atomic E-state index is -4.76. The van der Waals surface area contributed by atoms with Crippen molar-refractivity contribution in [2.24, 2.45) is 0 Å². The summed E-state index contributed by atoms with van der Waals surface area (Å²) in [6, 6.07) is 26.4. The predicted molar refractivity (Wildman–Crippen MR) is 173 cm³/mol. The molecule has 0 amide bonds. The number of aliphatic carboxylic acids is 1. The maximum atomic E-state index is 12.6. The monoisotopic (exact) mass is 666 g/mol. The number of ether oxygens (including phenoxy) is 2. The molecule has 0 bridgehead atoms. The van der Waals surface area contributed by atoms with Gasteiger partial charge in [0, 0.05) is 29.7 Å². The van der Waals surface area contributed by atoms with E-state index < -0.39 is 12.3 Å². The van der Waals surface area contributed by atoms with E-state index >= 15 is 0 Å². The van der Waals surface area contributed by atoms with Gasteiger partial charge in [0.15, 0.2) is 0 Å². The molecule has 5 aromatic rings. The highest BCUT2D eigenvalue weighted by Crippen LogP contribution is 2.31. The van der Waals surface area contributed by atoms with E-state index in [9.17, 15) is 18.0 Å². The van der Waals surface area contributed by atoms with Gasteiger partial charge in [0.05, 0.1) is 17.3 Å². The third-order valence-electron chi connectivity index (χ3n) is 6.85. The quantitative estimate of drug-likeness (QED) is 0.134. The number of nitrogens with zero attached hydrogens (tertiary/aromatic N) is 2. The van der Waals surface area contributed by atoms with Gasteiger partial charge in [-0.05, 0) is 77.2 Å². The van der Waals surface area contributed by atoms with E-state index in [2.05, 4.69) is 4.74 Å². The van der Waals surface area contributed by atoms with Crippen molar-refractivity contribution in [3.8, 4) is 33.9 Å². The van der Waals surface area contributed by atoms with Crippen LogP contribution in [0.25, 0.3) is 34.5 Å². The van der Waals surface area contributed by atoms with Crippen molar-refractivity contribution in [2.45, 2.75) is 25.7 Å². The molecule has 0 atom stereocenters. The molecule has 46 heavy (non-hydrogen) atoms. The van der Waals surface area contributed by atoms with Gasteiger partial charge in [0.1, 0.15) is 17.3 Å². The smallest absolute Gasteiger partial charge is 0.494 e. The third kappa shape index (κ3) is 9.15. The summed E-state index contributed by atoms with van der Waals surface area (Å²) in [5, 5.41) is 9.68. The molecule has 1 N–H and O–H groups in total. The Hall–Kier alpha value is -4.73. The molecule has 6 nitrogen and oxygen atoms in total. The molecule has 11 heteroatoms. The van der Waals surface area contributed by atoms with Gasteiger partial charge in [-0.3, -0.25) is 4.79 Å². The molecule has 0 fully saturated rings. The lowest BCUT2D eigenvalue weighted by atomic mass is 10.0. The first kappa shape index (κ1) is 32.7. The highest BCUT2D eigenvalue weighted by Gasteiger charge is 2.31. The van der Waals surface area contributed by atoms with Crippen LogP contribution in [0.3, 0.4) is 0 Å². The van der Waals surface area contributed by atoms with Crippen molar-refractivity contribution in [3.05, 3.63) is 124 Å². The van der Waals surface area contributed by atoms with Gasteiger partial charge in [-0.1, -0.05) is 77.8 Å². The van der Waals surface area contributed by atoms with Crippen molar-refractivity contribution in [1.82, 2.24) is 9.55 Å². The fourth-order valence-corrected chi connectivity index (χ4v) is 5.13. The van der Waals surface area contributed by atoms with E-state index in [0.717, 1.165) is 22.3 Å². The van der Waals surface area contributed by atoms with E-state index in [0.29, 0.717) is 52.4 Å². The summed E-state index contributed by atoms with van der Waals surface area (Å²) >= 11 is 12.5. The largest absolute Gasteiger partial charge is 0.573 e. The topological polar surface area (TPSA) is 73.6 Å². The Morgan fingerprint density at radius 2 is 1.52 bits per heavy atom. The van der Waals surface area contributed by atoms with Crippen molar-refractivity contribution >= 4 is 41.3 Å². The number of carboxylic acid groups (broad SMARTS) is 1. The first-order valence-electron chi connectivity index (χ1n) is 14.1. The molecule has 0 aliphatic carbocycles. The summed E-state index contributed by atoms with van der Waals surface area (Å²) in [7, 11) is 0. The Morgan fingerprint density at radius 3 is 2.15 bits per heavy atom. The van der Waals surface area contributed by atoms with Gasteiger partial charge >= 0.3 is 12.3 Å². The number of hydrogen-bond acceptors (Lipinski definition) is 4. The van der Waals surface area contributed by atoms with Crippen molar-refractivity contribution in [1.29, 1.82) is 0 Å². The van der Waals surface area contributed by atoms with E-state index in [1.54, 1.807) is 30.3 Å². The Labute approximate surface area is 273 Å². The Morgan fingerprint density at radius 1 is 0.870 bits per heavy atom. The second-order valence-electron chi connectivity index (χ2n) is 10.3. The number of alkyl halides is 3. The van der Waals surface area contributed by atoms with Crippen LogP contribution in [0.1, 0.15) is 29.8 Å². The zero-order valence-electron chi connectivity index (χ0n) is 24.2. The lowest BCUT2D eigenvalue weighted by molar-refractivity contribution is -0.274. The number of hydrogen-bond donors (Lipinski definition) is 1. The number of carboxylic acids is 1. The van der Waals surface area contributed by atoms with E-state index in [-0.39, 0.29) is 12.2 Å². The van der Waals surface area contributed by atoms with Gasteiger partial charge < -0.3 is 19.1 Å². The first-order chi connectivity index (χ1) is 22.0. The lowest BCUT2D eigenvalue weighted by Gasteiger charge is -2.10.